The zero-order valence-corrected chi connectivity index (χ0v) is 10.9. The fourth-order valence-corrected chi connectivity index (χ4v) is 1.90. The fraction of sp³-hybridized carbons (Fsp3) is 0.462. The summed E-state index contributed by atoms with van der Waals surface area (Å²) in [6.45, 7) is 8.60. The van der Waals surface area contributed by atoms with Crippen molar-refractivity contribution in [3.63, 3.8) is 0 Å². The Morgan fingerprint density at radius 3 is 2.50 bits per heavy atom. The van der Waals surface area contributed by atoms with E-state index in [1.165, 1.54) is 4.90 Å². The number of rotatable bonds is 5. The minimum absolute atomic E-state index is 0.132. The molecule has 1 N–H and O–H groups in total. The second-order valence-electron chi connectivity index (χ2n) is 4.04. The average Bonchev–Trinajstić information content (AvgIpc) is 2.28. The number of nitrogens with one attached hydrogen (secondary N) is 1. The van der Waals surface area contributed by atoms with Crippen LogP contribution in [0.5, 0.6) is 0 Å². The Morgan fingerprint density at radius 1 is 1.31 bits per heavy atom. The van der Waals surface area contributed by atoms with Gasteiger partial charge in [-0.2, -0.15) is 0 Å². The number of aryl methyl sites for hydroxylation is 1. The highest BCUT2D eigenvalue weighted by molar-refractivity contribution is 6.34. The van der Waals surface area contributed by atoms with Gasteiger partial charge in [-0.25, -0.2) is 0 Å². The van der Waals surface area contributed by atoms with E-state index in [9.17, 15) is 4.79 Å². The molecular formula is C13H19ClNO+. The third-order valence-electron chi connectivity index (χ3n) is 2.83. The van der Waals surface area contributed by atoms with Gasteiger partial charge in [-0.1, -0.05) is 23.2 Å². The molecule has 2 nitrogen and oxygen atoms in total. The number of ketones is 1. The van der Waals surface area contributed by atoms with Crippen LogP contribution in [0.3, 0.4) is 0 Å². The number of halogens is 1. The van der Waals surface area contributed by atoms with Crippen LogP contribution in [-0.4, -0.2) is 25.4 Å². The molecule has 0 heterocycles. The SMILES string of the molecule is CC[NH+](CC)CC(=O)c1cc(C)ccc1Cl. The van der Waals surface area contributed by atoms with Crippen LogP contribution in [0.2, 0.25) is 5.02 Å². The van der Waals surface area contributed by atoms with Gasteiger partial charge in [0.1, 0.15) is 6.54 Å². The quantitative estimate of drug-likeness (QED) is 0.779. The molecule has 0 aliphatic carbocycles. The van der Waals surface area contributed by atoms with Gasteiger partial charge in [0.05, 0.1) is 18.1 Å². The van der Waals surface area contributed by atoms with E-state index in [1.54, 1.807) is 6.07 Å². The van der Waals surface area contributed by atoms with Crippen LogP contribution in [-0.2, 0) is 0 Å². The molecule has 0 saturated heterocycles. The lowest BCUT2D eigenvalue weighted by atomic mass is 10.1. The summed E-state index contributed by atoms with van der Waals surface area (Å²) in [5.41, 5.74) is 1.73. The van der Waals surface area contributed by atoms with Gasteiger partial charge < -0.3 is 4.90 Å². The zero-order valence-electron chi connectivity index (χ0n) is 10.1. The van der Waals surface area contributed by atoms with E-state index in [0.29, 0.717) is 17.1 Å². The van der Waals surface area contributed by atoms with Crippen LogP contribution in [0.4, 0.5) is 0 Å². The van der Waals surface area contributed by atoms with Crippen molar-refractivity contribution in [2.24, 2.45) is 0 Å². The summed E-state index contributed by atoms with van der Waals surface area (Å²) in [4.78, 5) is 13.3. The van der Waals surface area contributed by atoms with Crippen LogP contribution in [0.25, 0.3) is 0 Å². The van der Waals surface area contributed by atoms with Crippen molar-refractivity contribution in [3.8, 4) is 0 Å². The maximum atomic E-state index is 12.0. The summed E-state index contributed by atoms with van der Waals surface area (Å²) in [5.74, 6) is 0.132. The molecular weight excluding hydrogens is 222 g/mol. The van der Waals surface area contributed by atoms with Crippen molar-refractivity contribution in [1.29, 1.82) is 0 Å². The van der Waals surface area contributed by atoms with Gasteiger partial charge in [0.2, 0.25) is 5.78 Å². The largest absolute Gasteiger partial charge is 0.329 e. The first kappa shape index (κ1) is 13.2. The number of likely N-dealkylation sites (N-methyl/N-ethyl adjacent to an activating group) is 1. The second kappa shape index (κ2) is 6.02. The molecule has 1 aromatic carbocycles. The van der Waals surface area contributed by atoms with E-state index >= 15 is 0 Å². The third kappa shape index (κ3) is 3.32. The van der Waals surface area contributed by atoms with E-state index in [0.717, 1.165) is 18.7 Å². The van der Waals surface area contributed by atoms with Crippen LogP contribution in [0.1, 0.15) is 29.8 Å². The van der Waals surface area contributed by atoms with Gasteiger partial charge in [0.15, 0.2) is 0 Å². The zero-order chi connectivity index (χ0) is 12.1. The summed E-state index contributed by atoms with van der Waals surface area (Å²) in [6.07, 6.45) is 0. The molecule has 0 unspecified atom stereocenters. The van der Waals surface area contributed by atoms with E-state index in [1.807, 2.05) is 19.1 Å². The van der Waals surface area contributed by atoms with E-state index in [2.05, 4.69) is 13.8 Å². The summed E-state index contributed by atoms with van der Waals surface area (Å²) in [6, 6.07) is 5.58. The van der Waals surface area contributed by atoms with Gasteiger partial charge in [0.25, 0.3) is 0 Å². The Bertz CT molecular complexity index is 372. The molecule has 0 amide bonds. The van der Waals surface area contributed by atoms with E-state index in [4.69, 9.17) is 11.6 Å². The maximum Gasteiger partial charge on any atom is 0.218 e. The number of carbonyl (C=O) groups is 1. The third-order valence-corrected chi connectivity index (χ3v) is 3.16. The van der Waals surface area contributed by atoms with Crippen LogP contribution >= 0.6 is 11.6 Å². The molecule has 0 atom stereocenters. The molecule has 0 bridgehead atoms. The molecule has 0 aliphatic heterocycles. The highest BCUT2D eigenvalue weighted by atomic mass is 35.5. The Balaban J connectivity index is 2.83. The number of quaternary nitrogens is 1. The van der Waals surface area contributed by atoms with Gasteiger partial charge in [0, 0.05) is 5.56 Å². The highest BCUT2D eigenvalue weighted by Gasteiger charge is 2.15. The second-order valence-corrected chi connectivity index (χ2v) is 4.45. The van der Waals surface area contributed by atoms with Crippen molar-refractivity contribution < 1.29 is 9.69 Å². The van der Waals surface area contributed by atoms with Crippen LogP contribution in [0, 0.1) is 6.92 Å². The van der Waals surface area contributed by atoms with Gasteiger partial charge in [-0.05, 0) is 32.9 Å². The number of benzene rings is 1. The number of carbonyl (C=O) groups excluding carboxylic acids is 1. The summed E-state index contributed by atoms with van der Waals surface area (Å²) in [7, 11) is 0. The fourth-order valence-electron chi connectivity index (χ4n) is 1.68. The predicted octanol–water partition coefficient (Wildman–Crippen LogP) is 1.76. The van der Waals surface area contributed by atoms with Crippen molar-refractivity contribution >= 4 is 17.4 Å². The molecule has 0 aromatic heterocycles. The lowest BCUT2D eigenvalue weighted by Crippen LogP contribution is -3.12. The maximum absolute atomic E-state index is 12.0. The normalized spacial score (nSPS) is 10.8. The molecule has 16 heavy (non-hydrogen) atoms. The first-order valence-electron chi connectivity index (χ1n) is 5.71. The van der Waals surface area contributed by atoms with E-state index in [-0.39, 0.29) is 5.78 Å². The van der Waals surface area contributed by atoms with E-state index < -0.39 is 0 Å². The summed E-state index contributed by atoms with van der Waals surface area (Å²) >= 11 is 6.03. The van der Waals surface area contributed by atoms with Crippen molar-refractivity contribution in [1.82, 2.24) is 0 Å². The Labute approximate surface area is 102 Å². The molecule has 88 valence electrons. The highest BCUT2D eigenvalue weighted by Crippen LogP contribution is 2.17. The Kier molecular flexibility index (Phi) is 4.97. The Morgan fingerprint density at radius 2 is 1.94 bits per heavy atom. The summed E-state index contributed by atoms with van der Waals surface area (Å²) in [5, 5.41) is 0.558. The molecule has 0 spiro atoms. The minimum Gasteiger partial charge on any atom is -0.329 e. The molecule has 0 saturated carbocycles. The molecule has 0 fully saturated rings. The molecule has 1 rings (SSSR count). The van der Waals surface area contributed by atoms with Crippen molar-refractivity contribution in [2.45, 2.75) is 20.8 Å². The monoisotopic (exact) mass is 240 g/mol. The van der Waals surface area contributed by atoms with Crippen molar-refractivity contribution in [3.05, 3.63) is 34.3 Å². The number of Topliss-reactive ketones (excluding diaryl/α,β-unsaturated/α-hetero) is 1. The lowest BCUT2D eigenvalue weighted by Gasteiger charge is -2.14. The topological polar surface area (TPSA) is 21.5 Å². The lowest BCUT2D eigenvalue weighted by molar-refractivity contribution is -0.887. The van der Waals surface area contributed by atoms with Gasteiger partial charge >= 0.3 is 0 Å². The van der Waals surface area contributed by atoms with Gasteiger partial charge in [-0.15, -0.1) is 0 Å². The Hall–Kier alpha value is -0.860. The van der Waals surface area contributed by atoms with Gasteiger partial charge in [-0.3, -0.25) is 4.79 Å². The molecule has 0 radical (unpaired) electrons. The molecule has 3 heteroatoms. The van der Waals surface area contributed by atoms with Crippen molar-refractivity contribution in [2.75, 3.05) is 19.6 Å². The number of hydrogen-bond donors (Lipinski definition) is 1. The standard InChI is InChI=1S/C13H18ClNO/c1-4-15(5-2)9-13(16)11-8-10(3)6-7-12(11)14/h6-8H,4-5,9H2,1-3H3/p+1. The molecule has 0 aliphatic rings. The predicted molar refractivity (Wildman–Crippen MR) is 67.4 cm³/mol. The first-order chi connectivity index (χ1) is 7.58. The first-order valence-corrected chi connectivity index (χ1v) is 6.09. The summed E-state index contributed by atoms with van der Waals surface area (Å²) < 4.78 is 0. The number of hydrogen-bond acceptors (Lipinski definition) is 1. The smallest absolute Gasteiger partial charge is 0.218 e. The average molecular weight is 241 g/mol. The van der Waals surface area contributed by atoms with Crippen LogP contribution < -0.4 is 4.90 Å². The molecule has 1 aromatic rings. The van der Waals surface area contributed by atoms with Crippen LogP contribution in [0.15, 0.2) is 18.2 Å². The minimum atomic E-state index is 0.132.